The number of carbonyl (C=O) groups excluding carboxylic acids is 4. The van der Waals surface area contributed by atoms with Crippen LogP contribution in [0.4, 0.5) is 0 Å². The maximum absolute atomic E-state index is 13.5. The standard InChI is InChI=1S/C31H41BrN4O5S2/c1-21(2)19-27(35-28(37)9-4-3-8-25-15-18-42-43(25)41)30(39)36-26(20-22-10-12-23(32)13-11-22)29(38)31(40)34-17-14-24-7-5-6-16-33-24/h5-7,10-13,16,21,25-27H,3-4,8-9,14-15,17-20H2,1-2H3,(H,34,40)(H,35,37)(H,36,39)/t25?,26-,27-,43?/m0/s1. The van der Waals surface area contributed by atoms with Gasteiger partial charge in [0.05, 0.1) is 9.83 Å². The monoisotopic (exact) mass is 692 g/mol. The zero-order valence-electron chi connectivity index (χ0n) is 24.7. The number of pyridine rings is 1. The molecule has 1 aliphatic heterocycles. The molecule has 1 aromatic heterocycles. The van der Waals surface area contributed by atoms with E-state index in [1.807, 2.05) is 50.2 Å². The number of unbranched alkanes of at least 4 members (excludes halogenated alkanes) is 1. The molecule has 2 heterocycles. The van der Waals surface area contributed by atoms with Crippen LogP contribution in [0, 0.1) is 5.92 Å². The second kappa shape index (κ2) is 18.3. The van der Waals surface area contributed by atoms with Crippen molar-refractivity contribution in [1.29, 1.82) is 0 Å². The van der Waals surface area contributed by atoms with Gasteiger partial charge in [-0.1, -0.05) is 65.2 Å². The highest BCUT2D eigenvalue weighted by Gasteiger charge is 2.31. The first-order valence-corrected chi connectivity index (χ1v) is 18.2. The van der Waals surface area contributed by atoms with Gasteiger partial charge in [-0.15, -0.1) is 0 Å². The van der Waals surface area contributed by atoms with Crippen LogP contribution in [0.25, 0.3) is 0 Å². The van der Waals surface area contributed by atoms with Gasteiger partial charge in [0, 0.05) is 53.2 Å². The second-order valence-electron chi connectivity index (χ2n) is 11.1. The van der Waals surface area contributed by atoms with Crippen molar-refractivity contribution in [2.24, 2.45) is 5.92 Å². The lowest BCUT2D eigenvalue weighted by molar-refractivity contribution is -0.140. The molecule has 0 aliphatic carbocycles. The highest BCUT2D eigenvalue weighted by atomic mass is 79.9. The molecule has 3 N–H and O–H groups in total. The minimum atomic E-state index is -1.11. The van der Waals surface area contributed by atoms with Gasteiger partial charge in [0.2, 0.25) is 17.6 Å². The van der Waals surface area contributed by atoms with Gasteiger partial charge in [-0.2, -0.15) is 0 Å². The molecule has 0 bridgehead atoms. The minimum Gasteiger partial charge on any atom is -0.349 e. The SMILES string of the molecule is CC(C)C[C@H](NC(=O)CCCCC1CCSS1=O)C(=O)N[C@@H](Cc1ccc(Br)cc1)C(=O)C(=O)NCCc1ccccn1. The van der Waals surface area contributed by atoms with Crippen molar-refractivity contribution >= 4 is 60.1 Å². The summed E-state index contributed by atoms with van der Waals surface area (Å²) in [7, 11) is 0.659. The zero-order valence-corrected chi connectivity index (χ0v) is 27.9. The highest BCUT2D eigenvalue weighted by molar-refractivity contribution is 9.10. The van der Waals surface area contributed by atoms with Crippen LogP contribution in [0.1, 0.15) is 63.6 Å². The van der Waals surface area contributed by atoms with E-state index in [9.17, 15) is 23.4 Å². The highest BCUT2D eigenvalue weighted by Crippen LogP contribution is 2.29. The molecule has 1 fully saturated rings. The average molecular weight is 694 g/mol. The summed E-state index contributed by atoms with van der Waals surface area (Å²) in [5, 5.41) is 8.45. The zero-order chi connectivity index (χ0) is 31.2. The molecule has 3 rings (SSSR count). The van der Waals surface area contributed by atoms with Crippen LogP contribution in [-0.2, 0) is 41.9 Å². The molecule has 1 saturated heterocycles. The lowest BCUT2D eigenvalue weighted by Gasteiger charge is -2.24. The molecular formula is C31H41BrN4O5S2. The number of amides is 3. The van der Waals surface area contributed by atoms with Gasteiger partial charge < -0.3 is 16.0 Å². The Morgan fingerprint density at radius 3 is 2.47 bits per heavy atom. The van der Waals surface area contributed by atoms with E-state index in [0.29, 0.717) is 19.3 Å². The number of Topliss-reactive ketones (excluding diaryl/α,β-unsaturated/α-hetero) is 1. The number of hydrogen-bond donors (Lipinski definition) is 3. The maximum Gasteiger partial charge on any atom is 0.289 e. The van der Waals surface area contributed by atoms with Crippen LogP contribution >= 0.6 is 26.7 Å². The van der Waals surface area contributed by atoms with Gasteiger partial charge in [0.25, 0.3) is 5.91 Å². The third-order valence-corrected chi connectivity index (χ3v) is 11.2. The van der Waals surface area contributed by atoms with Crippen LogP contribution in [0.5, 0.6) is 0 Å². The summed E-state index contributed by atoms with van der Waals surface area (Å²) in [6.45, 7) is 4.12. The number of aromatic nitrogens is 1. The summed E-state index contributed by atoms with van der Waals surface area (Å²) < 4.78 is 12.8. The molecule has 1 aliphatic rings. The molecule has 12 heteroatoms. The summed E-state index contributed by atoms with van der Waals surface area (Å²) in [6.07, 6.45) is 6.10. The molecule has 2 unspecified atom stereocenters. The van der Waals surface area contributed by atoms with E-state index < -0.39 is 39.5 Å². The van der Waals surface area contributed by atoms with Gasteiger partial charge in [-0.25, -0.2) is 4.21 Å². The van der Waals surface area contributed by atoms with Crippen molar-refractivity contribution in [3.8, 4) is 0 Å². The number of benzene rings is 1. The predicted octanol–water partition coefficient (Wildman–Crippen LogP) is 4.06. The van der Waals surface area contributed by atoms with E-state index in [1.165, 1.54) is 10.8 Å². The van der Waals surface area contributed by atoms with E-state index in [2.05, 4.69) is 36.9 Å². The fraction of sp³-hybridized carbons (Fsp3) is 0.516. The van der Waals surface area contributed by atoms with E-state index in [4.69, 9.17) is 0 Å². The Labute approximate surface area is 268 Å². The molecular weight excluding hydrogens is 652 g/mol. The lowest BCUT2D eigenvalue weighted by atomic mass is 9.99. The molecule has 0 radical (unpaired) electrons. The molecule has 0 saturated carbocycles. The lowest BCUT2D eigenvalue weighted by Crippen LogP contribution is -2.55. The third kappa shape index (κ3) is 12.5. The molecule has 3 amide bonds. The van der Waals surface area contributed by atoms with Gasteiger partial charge in [-0.3, -0.25) is 24.2 Å². The molecule has 4 atom stereocenters. The van der Waals surface area contributed by atoms with Crippen LogP contribution in [0.2, 0.25) is 0 Å². The fourth-order valence-corrected chi connectivity index (χ4v) is 8.51. The summed E-state index contributed by atoms with van der Waals surface area (Å²) >= 11 is 3.40. The van der Waals surface area contributed by atoms with Crippen LogP contribution in [-0.4, -0.2) is 62.3 Å². The van der Waals surface area contributed by atoms with E-state index in [1.54, 1.807) is 12.3 Å². The minimum absolute atomic E-state index is 0.0985. The molecule has 9 nitrogen and oxygen atoms in total. The molecule has 1 aromatic carbocycles. The average Bonchev–Trinajstić information content (AvgIpc) is 3.39. The third-order valence-electron chi connectivity index (χ3n) is 7.05. The molecule has 2 aromatic rings. The van der Waals surface area contributed by atoms with E-state index in [0.717, 1.165) is 40.7 Å². The number of hydrogen-bond acceptors (Lipinski definition) is 7. The van der Waals surface area contributed by atoms with Crippen molar-refractivity contribution in [2.75, 3.05) is 12.3 Å². The summed E-state index contributed by atoms with van der Waals surface area (Å²) in [5.41, 5.74) is 1.56. The molecule has 0 spiro atoms. The topological polar surface area (TPSA) is 134 Å². The number of nitrogens with zero attached hydrogens (tertiary/aromatic N) is 1. The Morgan fingerprint density at radius 1 is 1.05 bits per heavy atom. The smallest absolute Gasteiger partial charge is 0.289 e. The Kier molecular flexibility index (Phi) is 14.8. The number of nitrogens with one attached hydrogen (secondary N) is 3. The fourth-order valence-electron chi connectivity index (χ4n) is 4.75. The van der Waals surface area contributed by atoms with Crippen molar-refractivity contribution in [2.45, 2.75) is 82.5 Å². The first-order chi connectivity index (χ1) is 20.6. The number of rotatable bonds is 17. The van der Waals surface area contributed by atoms with Crippen molar-refractivity contribution in [3.05, 3.63) is 64.4 Å². The predicted molar refractivity (Wildman–Crippen MR) is 175 cm³/mol. The summed E-state index contributed by atoms with van der Waals surface area (Å²) in [6, 6.07) is 10.8. The first-order valence-electron chi connectivity index (χ1n) is 14.7. The van der Waals surface area contributed by atoms with Gasteiger partial charge in [0.15, 0.2) is 0 Å². The van der Waals surface area contributed by atoms with Crippen molar-refractivity contribution in [3.63, 3.8) is 0 Å². The summed E-state index contributed by atoms with van der Waals surface area (Å²) in [5.74, 6) is -1.27. The van der Waals surface area contributed by atoms with E-state index >= 15 is 0 Å². The Hall–Kier alpha value is -2.57. The van der Waals surface area contributed by atoms with Crippen LogP contribution < -0.4 is 16.0 Å². The second-order valence-corrected chi connectivity index (χ2v) is 15.5. The van der Waals surface area contributed by atoms with Crippen molar-refractivity contribution in [1.82, 2.24) is 20.9 Å². The van der Waals surface area contributed by atoms with Gasteiger partial charge in [0.1, 0.15) is 12.1 Å². The Bertz CT molecular complexity index is 1250. The van der Waals surface area contributed by atoms with E-state index in [-0.39, 0.29) is 36.5 Å². The largest absolute Gasteiger partial charge is 0.349 e. The Morgan fingerprint density at radius 2 is 1.81 bits per heavy atom. The summed E-state index contributed by atoms with van der Waals surface area (Å²) in [4.78, 5) is 56.6. The Balaban J connectivity index is 1.61. The number of ketones is 1. The number of halogens is 1. The van der Waals surface area contributed by atoms with Crippen LogP contribution in [0.3, 0.4) is 0 Å². The van der Waals surface area contributed by atoms with Crippen molar-refractivity contribution < 1.29 is 23.4 Å². The quantitative estimate of drug-likeness (QED) is 0.129. The molecule has 234 valence electrons. The van der Waals surface area contributed by atoms with Gasteiger partial charge >= 0.3 is 0 Å². The normalized spacial score (nSPS) is 17.7. The maximum atomic E-state index is 13.5. The molecule has 43 heavy (non-hydrogen) atoms. The number of carbonyl (C=O) groups is 4. The first kappa shape index (κ1) is 34.9. The van der Waals surface area contributed by atoms with Crippen LogP contribution in [0.15, 0.2) is 53.1 Å². The van der Waals surface area contributed by atoms with Gasteiger partial charge in [-0.05, 0) is 61.4 Å².